The van der Waals surface area contributed by atoms with Crippen molar-refractivity contribution in [2.75, 3.05) is 75.4 Å². The number of piperazine rings is 1. The minimum Gasteiger partial charge on any atom is -0.379 e. The van der Waals surface area contributed by atoms with Gasteiger partial charge < -0.3 is 19.9 Å². The molecule has 0 spiro atoms. The predicted octanol–water partition coefficient (Wildman–Crippen LogP) is 5.48. The van der Waals surface area contributed by atoms with Crippen LogP contribution in [0.25, 0.3) is 11.3 Å². The van der Waals surface area contributed by atoms with Crippen LogP contribution in [0.1, 0.15) is 15.9 Å². The van der Waals surface area contributed by atoms with E-state index in [-0.39, 0.29) is 5.91 Å². The molecule has 2 aliphatic heterocycles. The van der Waals surface area contributed by atoms with Crippen LogP contribution >= 0.6 is 23.4 Å². The molecule has 8 nitrogen and oxygen atoms in total. The molecular formula is C34H37ClN6O2S. The minimum atomic E-state index is -0.0457. The molecule has 6 rings (SSSR count). The van der Waals surface area contributed by atoms with E-state index in [0.717, 1.165) is 97.5 Å². The lowest BCUT2D eigenvalue weighted by atomic mass is 10.1. The average Bonchev–Trinajstić information content (AvgIpc) is 3.08. The second-order valence-corrected chi connectivity index (χ2v) is 12.2. The molecule has 0 aliphatic carbocycles. The number of halogens is 1. The van der Waals surface area contributed by atoms with Crippen molar-refractivity contribution >= 4 is 40.8 Å². The standard InChI is InChI=1S/C34H37ClN6O2S/c35-29-8-4-5-9-31(29)40-16-18-41(19-17-40)32-24-30(27-6-2-1-3-7-27)37-34(38-32)44-25-26-10-12-28(13-11-26)33(42)36-14-15-39-20-22-43-23-21-39/h1-13,24H,14-23,25H2,(H,36,42). The minimum absolute atomic E-state index is 0.0457. The fraction of sp³-hybridized carbons (Fsp3) is 0.324. The van der Waals surface area contributed by atoms with Gasteiger partial charge in [0.1, 0.15) is 5.82 Å². The van der Waals surface area contributed by atoms with Crippen molar-refractivity contribution in [3.05, 3.63) is 101 Å². The maximum atomic E-state index is 12.7. The number of para-hydroxylation sites is 1. The molecular weight excluding hydrogens is 592 g/mol. The van der Waals surface area contributed by atoms with E-state index in [9.17, 15) is 4.79 Å². The zero-order valence-corrected chi connectivity index (χ0v) is 26.3. The molecule has 44 heavy (non-hydrogen) atoms. The van der Waals surface area contributed by atoms with Crippen molar-refractivity contribution in [3.8, 4) is 11.3 Å². The molecule has 0 saturated carbocycles. The Hall–Kier alpha value is -3.63. The summed E-state index contributed by atoms with van der Waals surface area (Å²) in [5, 5.41) is 4.56. The highest BCUT2D eigenvalue weighted by atomic mass is 35.5. The van der Waals surface area contributed by atoms with Crippen LogP contribution in [0.15, 0.2) is 90.1 Å². The van der Waals surface area contributed by atoms with Crippen LogP contribution in [0.3, 0.4) is 0 Å². The Morgan fingerprint density at radius 3 is 2.30 bits per heavy atom. The predicted molar refractivity (Wildman–Crippen MR) is 179 cm³/mol. The number of aromatic nitrogens is 2. The highest BCUT2D eigenvalue weighted by molar-refractivity contribution is 7.98. The van der Waals surface area contributed by atoms with Crippen LogP contribution in [0, 0.1) is 0 Å². The van der Waals surface area contributed by atoms with E-state index in [2.05, 4.69) is 44.3 Å². The molecule has 1 N–H and O–H groups in total. The molecule has 0 unspecified atom stereocenters. The molecule has 1 amide bonds. The zero-order chi connectivity index (χ0) is 30.1. The quantitative estimate of drug-likeness (QED) is 0.183. The molecule has 10 heteroatoms. The van der Waals surface area contributed by atoms with Gasteiger partial charge in [0.15, 0.2) is 5.16 Å². The number of ether oxygens (including phenoxy) is 1. The van der Waals surface area contributed by atoms with Crippen molar-refractivity contribution < 1.29 is 9.53 Å². The summed E-state index contributed by atoms with van der Waals surface area (Å²) in [5.74, 6) is 1.59. The number of anilines is 2. The Morgan fingerprint density at radius 1 is 0.841 bits per heavy atom. The first kappa shape index (κ1) is 30.4. The van der Waals surface area contributed by atoms with E-state index in [1.807, 2.05) is 60.7 Å². The molecule has 4 aromatic rings. The summed E-state index contributed by atoms with van der Waals surface area (Å²) in [4.78, 5) is 29.6. The van der Waals surface area contributed by atoms with Gasteiger partial charge >= 0.3 is 0 Å². The Balaban J connectivity index is 1.09. The number of benzene rings is 3. The van der Waals surface area contributed by atoms with E-state index in [1.54, 1.807) is 11.8 Å². The lowest BCUT2D eigenvalue weighted by Gasteiger charge is -2.37. The molecule has 1 aromatic heterocycles. The van der Waals surface area contributed by atoms with Crippen molar-refractivity contribution in [1.29, 1.82) is 0 Å². The van der Waals surface area contributed by atoms with Crippen LogP contribution < -0.4 is 15.1 Å². The first-order valence-corrected chi connectivity index (χ1v) is 16.5. The van der Waals surface area contributed by atoms with E-state index < -0.39 is 0 Å². The maximum absolute atomic E-state index is 12.7. The van der Waals surface area contributed by atoms with Crippen LogP contribution in [-0.2, 0) is 10.5 Å². The first-order valence-electron chi connectivity index (χ1n) is 15.1. The molecule has 0 bridgehead atoms. The third-order valence-electron chi connectivity index (χ3n) is 7.96. The molecule has 2 aliphatic rings. The molecule has 2 fully saturated rings. The van der Waals surface area contributed by atoms with Gasteiger partial charge in [-0.3, -0.25) is 9.69 Å². The summed E-state index contributed by atoms with van der Waals surface area (Å²) in [6, 6.07) is 28.2. The smallest absolute Gasteiger partial charge is 0.251 e. The maximum Gasteiger partial charge on any atom is 0.251 e. The summed E-state index contributed by atoms with van der Waals surface area (Å²) in [6.45, 7) is 8.24. The fourth-order valence-corrected chi connectivity index (χ4v) is 6.50. The van der Waals surface area contributed by atoms with Gasteiger partial charge in [-0.25, -0.2) is 9.97 Å². The number of thioether (sulfide) groups is 1. The molecule has 3 heterocycles. The van der Waals surface area contributed by atoms with Gasteiger partial charge in [-0.05, 0) is 29.8 Å². The van der Waals surface area contributed by atoms with Crippen LogP contribution in [-0.4, -0.2) is 86.3 Å². The molecule has 0 atom stereocenters. The van der Waals surface area contributed by atoms with Gasteiger partial charge in [0.25, 0.3) is 5.91 Å². The first-order chi connectivity index (χ1) is 21.6. The second kappa shape index (κ2) is 14.9. The van der Waals surface area contributed by atoms with E-state index >= 15 is 0 Å². The normalized spacial score (nSPS) is 15.8. The third-order valence-corrected chi connectivity index (χ3v) is 9.20. The lowest BCUT2D eigenvalue weighted by molar-refractivity contribution is 0.0383. The van der Waals surface area contributed by atoms with Gasteiger partial charge in [0, 0.05) is 75.3 Å². The van der Waals surface area contributed by atoms with Crippen LogP contribution in [0.5, 0.6) is 0 Å². The summed E-state index contributed by atoms with van der Waals surface area (Å²) in [6.07, 6.45) is 0. The summed E-state index contributed by atoms with van der Waals surface area (Å²) in [5.41, 5.74) is 4.84. The Labute approximate surface area is 268 Å². The summed E-state index contributed by atoms with van der Waals surface area (Å²) >= 11 is 8.08. The van der Waals surface area contributed by atoms with Crippen LogP contribution in [0.4, 0.5) is 11.5 Å². The summed E-state index contributed by atoms with van der Waals surface area (Å²) in [7, 11) is 0. The van der Waals surface area contributed by atoms with Crippen molar-refractivity contribution in [3.63, 3.8) is 0 Å². The van der Waals surface area contributed by atoms with E-state index in [1.165, 1.54) is 0 Å². The Kier molecular flexibility index (Phi) is 10.3. The summed E-state index contributed by atoms with van der Waals surface area (Å²) < 4.78 is 5.39. The topological polar surface area (TPSA) is 73.8 Å². The average molecular weight is 629 g/mol. The number of carbonyl (C=O) groups excluding carboxylic acids is 1. The van der Waals surface area contributed by atoms with Gasteiger partial charge in [-0.2, -0.15) is 0 Å². The molecule has 2 saturated heterocycles. The van der Waals surface area contributed by atoms with Gasteiger partial charge in [0.2, 0.25) is 0 Å². The highest BCUT2D eigenvalue weighted by Gasteiger charge is 2.21. The largest absolute Gasteiger partial charge is 0.379 e. The van der Waals surface area contributed by atoms with E-state index in [4.69, 9.17) is 26.3 Å². The van der Waals surface area contributed by atoms with Gasteiger partial charge in [-0.1, -0.05) is 78.0 Å². The lowest BCUT2D eigenvalue weighted by Crippen LogP contribution is -2.47. The van der Waals surface area contributed by atoms with Crippen molar-refractivity contribution in [2.45, 2.75) is 10.9 Å². The molecule has 228 valence electrons. The number of carbonyl (C=O) groups is 1. The number of nitrogens with one attached hydrogen (secondary N) is 1. The highest BCUT2D eigenvalue weighted by Crippen LogP contribution is 2.30. The van der Waals surface area contributed by atoms with Crippen molar-refractivity contribution in [2.24, 2.45) is 0 Å². The van der Waals surface area contributed by atoms with Crippen molar-refractivity contribution in [1.82, 2.24) is 20.2 Å². The number of amides is 1. The van der Waals surface area contributed by atoms with Gasteiger partial charge in [-0.15, -0.1) is 0 Å². The molecule has 0 radical (unpaired) electrons. The van der Waals surface area contributed by atoms with Crippen LogP contribution in [0.2, 0.25) is 5.02 Å². The number of hydrogen-bond acceptors (Lipinski definition) is 8. The second-order valence-electron chi connectivity index (χ2n) is 10.9. The Morgan fingerprint density at radius 2 is 1.55 bits per heavy atom. The van der Waals surface area contributed by atoms with Gasteiger partial charge in [0.05, 0.1) is 29.6 Å². The van der Waals surface area contributed by atoms with E-state index in [0.29, 0.717) is 17.9 Å². The Bertz CT molecular complexity index is 1530. The number of hydrogen-bond donors (Lipinski definition) is 1. The number of rotatable bonds is 10. The SMILES string of the molecule is O=C(NCCN1CCOCC1)c1ccc(CSc2nc(-c3ccccc3)cc(N3CCN(c4ccccc4Cl)CC3)n2)cc1. The zero-order valence-electron chi connectivity index (χ0n) is 24.7. The number of morpholine rings is 1. The number of nitrogens with zero attached hydrogens (tertiary/aromatic N) is 5. The molecule has 3 aromatic carbocycles. The monoisotopic (exact) mass is 628 g/mol. The third kappa shape index (κ3) is 7.90. The fourth-order valence-electron chi connectivity index (χ4n) is 5.44.